The Hall–Kier alpha value is -0.860. The molecule has 0 fully saturated rings. The highest BCUT2D eigenvalue weighted by Gasteiger charge is 2.18. The summed E-state index contributed by atoms with van der Waals surface area (Å²) in [5, 5.41) is 19.5. The normalized spacial score (nSPS) is 17.1. The Bertz CT molecular complexity index is 269. The third-order valence-electron chi connectivity index (χ3n) is 2.92. The predicted molar refractivity (Wildman–Crippen MR) is 61.5 cm³/mol. The largest absolute Gasteiger partial charge is 0.393 e. The van der Waals surface area contributed by atoms with Gasteiger partial charge in [-0.2, -0.15) is 0 Å². The Kier molecular flexibility index (Phi) is 4.79. The van der Waals surface area contributed by atoms with Crippen LogP contribution in [0, 0.1) is 5.92 Å². The summed E-state index contributed by atoms with van der Waals surface area (Å²) in [4.78, 5) is 0. The van der Waals surface area contributed by atoms with Crippen LogP contribution in [-0.4, -0.2) is 16.3 Å². The number of aliphatic hydroxyl groups excluding tert-OH is 2. The summed E-state index contributed by atoms with van der Waals surface area (Å²) < 4.78 is 0. The summed E-state index contributed by atoms with van der Waals surface area (Å²) in [6.07, 6.45) is 0.693. The van der Waals surface area contributed by atoms with Gasteiger partial charge >= 0.3 is 0 Å². The molecule has 0 radical (unpaired) electrons. The quantitative estimate of drug-likeness (QED) is 0.780. The molecule has 0 saturated heterocycles. The molecule has 15 heavy (non-hydrogen) atoms. The van der Waals surface area contributed by atoms with Gasteiger partial charge in [-0.25, -0.2) is 0 Å². The Morgan fingerprint density at radius 2 is 1.73 bits per heavy atom. The van der Waals surface area contributed by atoms with Crippen LogP contribution in [-0.2, 0) is 0 Å². The molecular formula is C13H20O2. The second kappa shape index (κ2) is 5.89. The fraction of sp³-hybridized carbons (Fsp3) is 0.538. The molecule has 0 amide bonds. The zero-order valence-electron chi connectivity index (χ0n) is 9.43. The third-order valence-corrected chi connectivity index (χ3v) is 2.92. The van der Waals surface area contributed by atoms with Crippen molar-refractivity contribution in [2.45, 2.75) is 38.9 Å². The van der Waals surface area contributed by atoms with Gasteiger partial charge in [-0.05, 0) is 24.8 Å². The molecule has 1 rings (SSSR count). The van der Waals surface area contributed by atoms with Crippen molar-refractivity contribution in [1.82, 2.24) is 0 Å². The van der Waals surface area contributed by atoms with Crippen LogP contribution in [0.3, 0.4) is 0 Å². The summed E-state index contributed by atoms with van der Waals surface area (Å²) in [6.45, 7) is 3.82. The molecule has 84 valence electrons. The SMILES string of the molecule is CCC(CC(O)c1ccccc1)C(C)O. The lowest BCUT2D eigenvalue weighted by Gasteiger charge is -2.21. The zero-order chi connectivity index (χ0) is 11.3. The van der Waals surface area contributed by atoms with Crippen LogP contribution in [0.2, 0.25) is 0 Å². The van der Waals surface area contributed by atoms with Crippen molar-refractivity contribution in [3.05, 3.63) is 35.9 Å². The first-order valence-corrected chi connectivity index (χ1v) is 5.56. The molecule has 3 unspecified atom stereocenters. The van der Waals surface area contributed by atoms with Crippen molar-refractivity contribution in [2.75, 3.05) is 0 Å². The van der Waals surface area contributed by atoms with E-state index in [4.69, 9.17) is 0 Å². The zero-order valence-corrected chi connectivity index (χ0v) is 9.43. The predicted octanol–water partition coefficient (Wildman–Crippen LogP) is 2.52. The Morgan fingerprint density at radius 3 is 2.20 bits per heavy atom. The molecule has 0 bridgehead atoms. The van der Waals surface area contributed by atoms with E-state index in [-0.39, 0.29) is 12.0 Å². The lowest BCUT2D eigenvalue weighted by Crippen LogP contribution is -2.18. The van der Waals surface area contributed by atoms with Crippen LogP contribution in [0.25, 0.3) is 0 Å². The van der Waals surface area contributed by atoms with E-state index in [0.717, 1.165) is 12.0 Å². The monoisotopic (exact) mass is 208 g/mol. The number of rotatable bonds is 5. The van der Waals surface area contributed by atoms with Gasteiger partial charge in [0.25, 0.3) is 0 Å². The summed E-state index contributed by atoms with van der Waals surface area (Å²) in [7, 11) is 0. The van der Waals surface area contributed by atoms with Crippen molar-refractivity contribution in [2.24, 2.45) is 5.92 Å². The number of benzene rings is 1. The molecule has 2 heteroatoms. The fourth-order valence-electron chi connectivity index (χ4n) is 1.80. The highest BCUT2D eigenvalue weighted by molar-refractivity contribution is 5.17. The van der Waals surface area contributed by atoms with Crippen molar-refractivity contribution >= 4 is 0 Å². The molecule has 1 aromatic rings. The smallest absolute Gasteiger partial charge is 0.0793 e. The molecule has 2 N–H and O–H groups in total. The molecule has 0 spiro atoms. The van der Waals surface area contributed by atoms with Crippen LogP contribution in [0.1, 0.15) is 38.4 Å². The van der Waals surface area contributed by atoms with Gasteiger partial charge < -0.3 is 10.2 Å². The standard InChI is InChI=1S/C13H20O2/c1-3-11(10(2)14)9-13(15)12-7-5-4-6-8-12/h4-8,10-11,13-15H,3,9H2,1-2H3. The lowest BCUT2D eigenvalue weighted by atomic mass is 9.91. The van der Waals surface area contributed by atoms with Crippen molar-refractivity contribution < 1.29 is 10.2 Å². The van der Waals surface area contributed by atoms with Gasteiger partial charge in [-0.1, -0.05) is 43.7 Å². The van der Waals surface area contributed by atoms with Crippen LogP contribution >= 0.6 is 0 Å². The maximum absolute atomic E-state index is 9.96. The van der Waals surface area contributed by atoms with E-state index < -0.39 is 6.10 Å². The minimum Gasteiger partial charge on any atom is -0.393 e. The van der Waals surface area contributed by atoms with Gasteiger partial charge in [-0.15, -0.1) is 0 Å². The van der Waals surface area contributed by atoms with Crippen LogP contribution in [0.15, 0.2) is 30.3 Å². The molecule has 3 atom stereocenters. The maximum atomic E-state index is 9.96. The average Bonchev–Trinajstić information content (AvgIpc) is 2.26. The van der Waals surface area contributed by atoms with E-state index in [0.29, 0.717) is 6.42 Å². The first-order chi connectivity index (χ1) is 7.15. The molecule has 0 aliphatic heterocycles. The number of hydrogen-bond donors (Lipinski definition) is 2. The molecule has 2 nitrogen and oxygen atoms in total. The van der Waals surface area contributed by atoms with Gasteiger partial charge in [0, 0.05) is 0 Å². The summed E-state index contributed by atoms with van der Waals surface area (Å²) >= 11 is 0. The summed E-state index contributed by atoms with van der Waals surface area (Å²) in [5.41, 5.74) is 0.927. The maximum Gasteiger partial charge on any atom is 0.0793 e. The average molecular weight is 208 g/mol. The van der Waals surface area contributed by atoms with Gasteiger partial charge in [0.05, 0.1) is 12.2 Å². The Morgan fingerprint density at radius 1 is 1.13 bits per heavy atom. The summed E-state index contributed by atoms with van der Waals surface area (Å²) in [6, 6.07) is 9.60. The van der Waals surface area contributed by atoms with E-state index in [1.54, 1.807) is 6.92 Å². The van der Waals surface area contributed by atoms with E-state index in [1.807, 2.05) is 37.3 Å². The number of aliphatic hydroxyl groups is 2. The van der Waals surface area contributed by atoms with Gasteiger partial charge in [0.15, 0.2) is 0 Å². The molecule has 0 heterocycles. The molecular weight excluding hydrogens is 188 g/mol. The van der Waals surface area contributed by atoms with Gasteiger partial charge in [0.2, 0.25) is 0 Å². The van der Waals surface area contributed by atoms with E-state index in [9.17, 15) is 10.2 Å². The Labute approximate surface area is 91.6 Å². The topological polar surface area (TPSA) is 40.5 Å². The highest BCUT2D eigenvalue weighted by atomic mass is 16.3. The molecule has 0 aliphatic carbocycles. The minimum atomic E-state index is -0.467. The van der Waals surface area contributed by atoms with E-state index in [2.05, 4.69) is 0 Å². The van der Waals surface area contributed by atoms with Crippen LogP contribution in [0.4, 0.5) is 0 Å². The third kappa shape index (κ3) is 3.65. The molecule has 0 saturated carbocycles. The highest BCUT2D eigenvalue weighted by Crippen LogP contribution is 2.24. The van der Waals surface area contributed by atoms with Crippen molar-refractivity contribution in [3.63, 3.8) is 0 Å². The first kappa shape index (κ1) is 12.2. The second-order valence-corrected chi connectivity index (χ2v) is 4.07. The lowest BCUT2D eigenvalue weighted by molar-refractivity contribution is 0.0696. The molecule has 0 aromatic heterocycles. The van der Waals surface area contributed by atoms with E-state index in [1.165, 1.54) is 0 Å². The molecule has 1 aromatic carbocycles. The first-order valence-electron chi connectivity index (χ1n) is 5.56. The van der Waals surface area contributed by atoms with Gasteiger partial charge in [0.1, 0.15) is 0 Å². The van der Waals surface area contributed by atoms with Crippen LogP contribution in [0.5, 0.6) is 0 Å². The Balaban J connectivity index is 2.58. The fourth-order valence-corrected chi connectivity index (χ4v) is 1.80. The van der Waals surface area contributed by atoms with Crippen molar-refractivity contribution in [1.29, 1.82) is 0 Å². The minimum absolute atomic E-state index is 0.167. The van der Waals surface area contributed by atoms with E-state index >= 15 is 0 Å². The summed E-state index contributed by atoms with van der Waals surface area (Å²) in [5.74, 6) is 0.167. The van der Waals surface area contributed by atoms with Gasteiger partial charge in [-0.3, -0.25) is 0 Å². The second-order valence-electron chi connectivity index (χ2n) is 4.07. The van der Waals surface area contributed by atoms with Crippen LogP contribution < -0.4 is 0 Å². The molecule has 0 aliphatic rings. The number of hydrogen-bond acceptors (Lipinski definition) is 2. The van der Waals surface area contributed by atoms with Crippen molar-refractivity contribution in [3.8, 4) is 0 Å².